The number of benzene rings is 1. The van der Waals surface area contributed by atoms with Crippen LogP contribution < -0.4 is 4.74 Å². The first kappa shape index (κ1) is 13.6. The molecule has 0 saturated heterocycles. The molecule has 0 N–H and O–H groups in total. The number of aromatic nitrogens is 1. The predicted octanol–water partition coefficient (Wildman–Crippen LogP) is 5.09. The van der Waals surface area contributed by atoms with Crippen molar-refractivity contribution in [2.24, 2.45) is 0 Å². The highest BCUT2D eigenvalue weighted by molar-refractivity contribution is 5.33. The summed E-state index contributed by atoms with van der Waals surface area (Å²) in [6.45, 7) is 6.47. The summed E-state index contributed by atoms with van der Waals surface area (Å²) in [5.41, 5.74) is 2.48. The molecule has 0 amide bonds. The van der Waals surface area contributed by atoms with Gasteiger partial charge in [0.2, 0.25) is 5.88 Å². The summed E-state index contributed by atoms with van der Waals surface area (Å²) in [5.74, 6) is 2.11. The normalized spacial score (nSPS) is 10.7. The summed E-state index contributed by atoms with van der Waals surface area (Å²) in [6.07, 6.45) is 4.13. The Labute approximate surface area is 115 Å². The summed E-state index contributed by atoms with van der Waals surface area (Å²) < 4.78 is 5.80. The SMILES string of the molecule is CCC(CC)c1cccc(Oc2ccc(C)cn2)c1. The minimum atomic E-state index is 0.606. The molecule has 2 rings (SSSR count). The summed E-state index contributed by atoms with van der Waals surface area (Å²) in [4.78, 5) is 4.27. The van der Waals surface area contributed by atoms with Crippen molar-refractivity contribution in [3.63, 3.8) is 0 Å². The first-order chi connectivity index (χ1) is 9.22. The van der Waals surface area contributed by atoms with Gasteiger partial charge >= 0.3 is 0 Å². The maximum atomic E-state index is 5.80. The monoisotopic (exact) mass is 255 g/mol. The standard InChI is InChI=1S/C17H21NO/c1-4-14(5-2)15-7-6-8-16(11-15)19-17-10-9-13(3)12-18-17/h6-12,14H,4-5H2,1-3H3. The van der Waals surface area contributed by atoms with E-state index in [1.807, 2.05) is 31.3 Å². The molecule has 0 spiro atoms. The predicted molar refractivity (Wildman–Crippen MR) is 78.8 cm³/mol. The summed E-state index contributed by atoms with van der Waals surface area (Å²) in [7, 11) is 0. The van der Waals surface area contributed by atoms with Crippen LogP contribution in [-0.4, -0.2) is 4.98 Å². The number of pyridine rings is 1. The number of aryl methyl sites for hydroxylation is 1. The smallest absolute Gasteiger partial charge is 0.219 e. The van der Waals surface area contributed by atoms with Gasteiger partial charge in [-0.3, -0.25) is 0 Å². The summed E-state index contributed by atoms with van der Waals surface area (Å²) in [6, 6.07) is 12.2. The zero-order chi connectivity index (χ0) is 13.7. The molecule has 2 heteroatoms. The fourth-order valence-electron chi connectivity index (χ4n) is 2.23. The molecule has 0 saturated carbocycles. The molecule has 0 bridgehead atoms. The van der Waals surface area contributed by atoms with E-state index in [0.29, 0.717) is 11.8 Å². The lowest BCUT2D eigenvalue weighted by Gasteiger charge is -2.14. The Morgan fingerprint density at radius 1 is 1.11 bits per heavy atom. The van der Waals surface area contributed by atoms with E-state index in [4.69, 9.17) is 4.74 Å². The third-order valence-electron chi connectivity index (χ3n) is 3.42. The van der Waals surface area contributed by atoms with Gasteiger partial charge in [-0.1, -0.05) is 32.0 Å². The van der Waals surface area contributed by atoms with Crippen LogP contribution >= 0.6 is 0 Å². The lowest BCUT2D eigenvalue weighted by molar-refractivity contribution is 0.461. The summed E-state index contributed by atoms with van der Waals surface area (Å²) in [5, 5.41) is 0. The van der Waals surface area contributed by atoms with Crippen LogP contribution in [0.15, 0.2) is 42.6 Å². The van der Waals surface area contributed by atoms with E-state index in [-0.39, 0.29) is 0 Å². The minimum Gasteiger partial charge on any atom is -0.439 e. The van der Waals surface area contributed by atoms with Crippen LogP contribution in [0.25, 0.3) is 0 Å². The molecule has 0 unspecified atom stereocenters. The topological polar surface area (TPSA) is 22.1 Å². The van der Waals surface area contributed by atoms with E-state index >= 15 is 0 Å². The van der Waals surface area contributed by atoms with Gasteiger partial charge in [0, 0.05) is 12.3 Å². The van der Waals surface area contributed by atoms with Crippen molar-refractivity contribution in [3.05, 3.63) is 53.7 Å². The van der Waals surface area contributed by atoms with Crippen molar-refractivity contribution < 1.29 is 4.74 Å². The van der Waals surface area contributed by atoms with Crippen LogP contribution in [0.5, 0.6) is 11.6 Å². The van der Waals surface area contributed by atoms with Crippen LogP contribution in [0.4, 0.5) is 0 Å². The van der Waals surface area contributed by atoms with E-state index in [2.05, 4.69) is 37.0 Å². The molecule has 0 aliphatic carbocycles. The average Bonchev–Trinajstić information content (AvgIpc) is 2.43. The molecule has 0 aliphatic rings. The van der Waals surface area contributed by atoms with Gasteiger partial charge in [0.1, 0.15) is 5.75 Å². The summed E-state index contributed by atoms with van der Waals surface area (Å²) >= 11 is 0. The molecule has 100 valence electrons. The number of hydrogen-bond donors (Lipinski definition) is 0. The molecule has 0 fully saturated rings. The number of rotatable bonds is 5. The Hall–Kier alpha value is -1.83. The van der Waals surface area contributed by atoms with Gasteiger partial charge in [-0.25, -0.2) is 4.98 Å². The van der Waals surface area contributed by atoms with Crippen molar-refractivity contribution in [1.82, 2.24) is 4.98 Å². The number of hydrogen-bond acceptors (Lipinski definition) is 2. The zero-order valence-corrected chi connectivity index (χ0v) is 11.9. The molecule has 2 nitrogen and oxygen atoms in total. The van der Waals surface area contributed by atoms with Gasteiger partial charge in [-0.15, -0.1) is 0 Å². The number of ether oxygens (including phenoxy) is 1. The molecule has 0 radical (unpaired) electrons. The molecule has 0 atom stereocenters. The second kappa shape index (κ2) is 6.37. The van der Waals surface area contributed by atoms with Gasteiger partial charge in [0.15, 0.2) is 0 Å². The fourth-order valence-corrected chi connectivity index (χ4v) is 2.23. The second-order valence-corrected chi connectivity index (χ2v) is 4.86. The molecule has 19 heavy (non-hydrogen) atoms. The maximum absolute atomic E-state index is 5.80. The van der Waals surface area contributed by atoms with Crippen molar-refractivity contribution >= 4 is 0 Å². The Bertz CT molecular complexity index is 515. The zero-order valence-electron chi connectivity index (χ0n) is 11.9. The Kier molecular flexibility index (Phi) is 4.56. The Morgan fingerprint density at radius 3 is 2.53 bits per heavy atom. The highest BCUT2D eigenvalue weighted by atomic mass is 16.5. The van der Waals surface area contributed by atoms with E-state index in [1.165, 1.54) is 5.56 Å². The Morgan fingerprint density at radius 2 is 1.89 bits per heavy atom. The quantitative estimate of drug-likeness (QED) is 0.742. The second-order valence-electron chi connectivity index (χ2n) is 4.86. The molecular formula is C17H21NO. The van der Waals surface area contributed by atoms with Gasteiger partial charge < -0.3 is 4.74 Å². The van der Waals surface area contributed by atoms with Gasteiger partial charge in [0.05, 0.1) is 0 Å². The van der Waals surface area contributed by atoms with Crippen LogP contribution in [0.3, 0.4) is 0 Å². The lowest BCUT2D eigenvalue weighted by Crippen LogP contribution is -1.96. The van der Waals surface area contributed by atoms with E-state index in [1.54, 1.807) is 0 Å². The van der Waals surface area contributed by atoms with Crippen LogP contribution in [0.1, 0.15) is 43.7 Å². The van der Waals surface area contributed by atoms with Crippen molar-refractivity contribution in [2.75, 3.05) is 0 Å². The Balaban J connectivity index is 2.17. The van der Waals surface area contributed by atoms with Crippen molar-refractivity contribution in [3.8, 4) is 11.6 Å². The van der Waals surface area contributed by atoms with E-state index < -0.39 is 0 Å². The van der Waals surface area contributed by atoms with E-state index in [9.17, 15) is 0 Å². The molecule has 1 aromatic carbocycles. The van der Waals surface area contributed by atoms with Crippen LogP contribution in [0, 0.1) is 6.92 Å². The third kappa shape index (κ3) is 3.57. The van der Waals surface area contributed by atoms with Gasteiger partial charge in [0.25, 0.3) is 0 Å². The first-order valence-electron chi connectivity index (χ1n) is 6.93. The fraction of sp³-hybridized carbons (Fsp3) is 0.353. The molecule has 0 aliphatic heterocycles. The van der Waals surface area contributed by atoms with Crippen molar-refractivity contribution in [2.45, 2.75) is 39.5 Å². The largest absolute Gasteiger partial charge is 0.439 e. The molecule has 2 aromatic rings. The first-order valence-corrected chi connectivity index (χ1v) is 6.93. The van der Waals surface area contributed by atoms with Crippen LogP contribution in [-0.2, 0) is 0 Å². The number of nitrogens with zero attached hydrogens (tertiary/aromatic N) is 1. The van der Waals surface area contributed by atoms with Gasteiger partial charge in [-0.2, -0.15) is 0 Å². The third-order valence-corrected chi connectivity index (χ3v) is 3.42. The minimum absolute atomic E-state index is 0.606. The average molecular weight is 255 g/mol. The van der Waals surface area contributed by atoms with Gasteiger partial charge in [-0.05, 0) is 48.9 Å². The van der Waals surface area contributed by atoms with Crippen molar-refractivity contribution in [1.29, 1.82) is 0 Å². The highest BCUT2D eigenvalue weighted by Gasteiger charge is 2.08. The maximum Gasteiger partial charge on any atom is 0.219 e. The van der Waals surface area contributed by atoms with E-state index in [0.717, 1.165) is 24.2 Å². The molecular weight excluding hydrogens is 234 g/mol. The molecule has 1 heterocycles. The highest BCUT2D eigenvalue weighted by Crippen LogP contribution is 2.27. The lowest BCUT2D eigenvalue weighted by atomic mass is 9.94. The van der Waals surface area contributed by atoms with Crippen LogP contribution in [0.2, 0.25) is 0 Å². The molecule has 1 aromatic heterocycles.